The Labute approximate surface area is 108 Å². The van der Waals surface area contributed by atoms with Crippen LogP contribution in [0.3, 0.4) is 0 Å². The standard InChI is InChI=1S/C15H20FNO/c16-15-5-3-13(4-6-15)14-7-10-17(11-8-14)9-1-2-12-18/h3-6,12,14H,1-2,7-11H2. The molecule has 0 N–H and O–H groups in total. The van der Waals surface area contributed by atoms with Crippen molar-refractivity contribution in [1.29, 1.82) is 0 Å². The molecule has 1 aliphatic heterocycles. The van der Waals surface area contributed by atoms with Crippen LogP contribution in [-0.4, -0.2) is 30.8 Å². The summed E-state index contributed by atoms with van der Waals surface area (Å²) in [7, 11) is 0. The second-order valence-corrected chi connectivity index (χ2v) is 4.98. The molecule has 0 amide bonds. The van der Waals surface area contributed by atoms with Crippen LogP contribution in [0.1, 0.15) is 37.2 Å². The van der Waals surface area contributed by atoms with Gasteiger partial charge in [0.15, 0.2) is 0 Å². The first-order valence-electron chi connectivity index (χ1n) is 6.71. The fourth-order valence-electron chi connectivity index (χ4n) is 2.62. The average Bonchev–Trinajstić information content (AvgIpc) is 2.41. The lowest BCUT2D eigenvalue weighted by Crippen LogP contribution is -2.33. The Morgan fingerprint density at radius 2 is 1.89 bits per heavy atom. The molecule has 0 atom stereocenters. The van der Waals surface area contributed by atoms with Crippen LogP contribution in [0.5, 0.6) is 0 Å². The summed E-state index contributed by atoms with van der Waals surface area (Å²) in [5, 5.41) is 0. The molecule has 1 heterocycles. The summed E-state index contributed by atoms with van der Waals surface area (Å²) in [6, 6.07) is 6.90. The molecule has 0 aromatic heterocycles. The molecule has 0 bridgehead atoms. The predicted molar refractivity (Wildman–Crippen MR) is 70.1 cm³/mol. The minimum atomic E-state index is -0.162. The van der Waals surface area contributed by atoms with Gasteiger partial charge in [0.25, 0.3) is 0 Å². The Balaban J connectivity index is 1.79. The summed E-state index contributed by atoms with van der Waals surface area (Å²) in [5.41, 5.74) is 1.25. The van der Waals surface area contributed by atoms with Crippen LogP contribution in [-0.2, 0) is 4.79 Å². The highest BCUT2D eigenvalue weighted by Gasteiger charge is 2.19. The third-order valence-electron chi connectivity index (χ3n) is 3.73. The van der Waals surface area contributed by atoms with Crippen LogP contribution < -0.4 is 0 Å². The summed E-state index contributed by atoms with van der Waals surface area (Å²) in [6.45, 7) is 3.19. The van der Waals surface area contributed by atoms with Crippen LogP contribution >= 0.6 is 0 Å². The van der Waals surface area contributed by atoms with E-state index in [9.17, 15) is 9.18 Å². The number of hydrogen-bond donors (Lipinski definition) is 0. The van der Waals surface area contributed by atoms with Crippen molar-refractivity contribution in [2.45, 2.75) is 31.6 Å². The highest BCUT2D eigenvalue weighted by Crippen LogP contribution is 2.28. The molecule has 1 fully saturated rings. The van der Waals surface area contributed by atoms with Gasteiger partial charge in [-0.05, 0) is 62.5 Å². The van der Waals surface area contributed by atoms with E-state index in [0.717, 1.165) is 45.2 Å². The maximum atomic E-state index is 12.9. The van der Waals surface area contributed by atoms with E-state index in [1.807, 2.05) is 12.1 Å². The van der Waals surface area contributed by atoms with Gasteiger partial charge in [-0.3, -0.25) is 0 Å². The van der Waals surface area contributed by atoms with Crippen molar-refractivity contribution in [1.82, 2.24) is 4.90 Å². The molecule has 0 unspecified atom stereocenters. The van der Waals surface area contributed by atoms with Gasteiger partial charge >= 0.3 is 0 Å². The number of hydrogen-bond acceptors (Lipinski definition) is 2. The van der Waals surface area contributed by atoms with Crippen molar-refractivity contribution >= 4 is 6.29 Å². The normalized spacial score (nSPS) is 17.8. The number of carbonyl (C=O) groups excluding carboxylic acids is 1. The Bertz CT molecular complexity index is 369. The number of piperidine rings is 1. The molecule has 0 radical (unpaired) electrons. The molecule has 1 aromatic carbocycles. The van der Waals surface area contributed by atoms with Crippen LogP contribution in [0.25, 0.3) is 0 Å². The molecule has 1 aromatic rings. The number of aldehydes is 1. The maximum Gasteiger partial charge on any atom is 0.123 e. The first-order chi connectivity index (χ1) is 8.79. The summed E-state index contributed by atoms with van der Waals surface area (Å²) in [5.74, 6) is 0.401. The first kappa shape index (κ1) is 13.2. The number of carbonyl (C=O) groups is 1. The summed E-state index contributed by atoms with van der Waals surface area (Å²) in [4.78, 5) is 12.7. The van der Waals surface area contributed by atoms with Crippen molar-refractivity contribution in [3.05, 3.63) is 35.6 Å². The van der Waals surface area contributed by atoms with Gasteiger partial charge in [0.05, 0.1) is 0 Å². The molecule has 2 rings (SSSR count). The number of likely N-dealkylation sites (tertiary alicyclic amines) is 1. The quantitative estimate of drug-likeness (QED) is 0.590. The molecule has 1 saturated heterocycles. The van der Waals surface area contributed by atoms with Gasteiger partial charge < -0.3 is 9.69 Å². The first-order valence-corrected chi connectivity index (χ1v) is 6.71. The molecule has 0 spiro atoms. The minimum Gasteiger partial charge on any atom is -0.303 e. The zero-order valence-electron chi connectivity index (χ0n) is 10.6. The number of halogens is 1. The van der Waals surface area contributed by atoms with Gasteiger partial charge in [0.2, 0.25) is 0 Å². The van der Waals surface area contributed by atoms with E-state index in [1.165, 1.54) is 5.56 Å². The Kier molecular flexibility index (Phi) is 4.88. The summed E-state index contributed by atoms with van der Waals surface area (Å²) < 4.78 is 12.9. The molecule has 3 heteroatoms. The van der Waals surface area contributed by atoms with Crippen LogP contribution in [0.2, 0.25) is 0 Å². The fourth-order valence-corrected chi connectivity index (χ4v) is 2.62. The number of benzene rings is 1. The zero-order valence-corrected chi connectivity index (χ0v) is 10.6. The number of rotatable bonds is 5. The van der Waals surface area contributed by atoms with Gasteiger partial charge in [0, 0.05) is 6.42 Å². The predicted octanol–water partition coefficient (Wildman–Crippen LogP) is 2.98. The van der Waals surface area contributed by atoms with Crippen molar-refractivity contribution < 1.29 is 9.18 Å². The van der Waals surface area contributed by atoms with E-state index in [2.05, 4.69) is 4.90 Å². The van der Waals surface area contributed by atoms with Gasteiger partial charge in [0.1, 0.15) is 12.1 Å². The van der Waals surface area contributed by atoms with Crippen molar-refractivity contribution in [2.24, 2.45) is 0 Å². The molecule has 1 aliphatic rings. The Morgan fingerprint density at radius 1 is 1.22 bits per heavy atom. The van der Waals surface area contributed by atoms with E-state index in [-0.39, 0.29) is 5.82 Å². The Morgan fingerprint density at radius 3 is 2.50 bits per heavy atom. The van der Waals surface area contributed by atoms with Crippen molar-refractivity contribution in [3.8, 4) is 0 Å². The lowest BCUT2D eigenvalue weighted by atomic mass is 9.89. The molecule has 98 valence electrons. The lowest BCUT2D eigenvalue weighted by Gasteiger charge is -2.32. The summed E-state index contributed by atoms with van der Waals surface area (Å²) >= 11 is 0. The lowest BCUT2D eigenvalue weighted by molar-refractivity contribution is -0.108. The van der Waals surface area contributed by atoms with Crippen LogP contribution in [0, 0.1) is 5.82 Å². The molecule has 2 nitrogen and oxygen atoms in total. The topological polar surface area (TPSA) is 20.3 Å². The minimum absolute atomic E-state index is 0.162. The highest BCUT2D eigenvalue weighted by molar-refractivity contribution is 5.49. The van der Waals surface area contributed by atoms with E-state index in [0.29, 0.717) is 12.3 Å². The molecule has 0 aliphatic carbocycles. The van der Waals surface area contributed by atoms with Crippen molar-refractivity contribution in [2.75, 3.05) is 19.6 Å². The van der Waals surface area contributed by atoms with Gasteiger partial charge in [-0.25, -0.2) is 4.39 Å². The number of unbranched alkanes of at least 4 members (excludes halogenated alkanes) is 1. The Hall–Kier alpha value is -1.22. The molecular weight excluding hydrogens is 229 g/mol. The van der Waals surface area contributed by atoms with E-state index in [1.54, 1.807) is 12.1 Å². The van der Waals surface area contributed by atoms with Gasteiger partial charge in [-0.15, -0.1) is 0 Å². The molecular formula is C15H20FNO. The van der Waals surface area contributed by atoms with Gasteiger partial charge in [-0.1, -0.05) is 12.1 Å². The zero-order chi connectivity index (χ0) is 12.8. The van der Waals surface area contributed by atoms with E-state index in [4.69, 9.17) is 0 Å². The largest absolute Gasteiger partial charge is 0.303 e. The van der Waals surface area contributed by atoms with E-state index >= 15 is 0 Å². The molecule has 18 heavy (non-hydrogen) atoms. The second-order valence-electron chi connectivity index (χ2n) is 4.98. The van der Waals surface area contributed by atoms with E-state index < -0.39 is 0 Å². The third kappa shape index (κ3) is 3.64. The fraction of sp³-hybridized carbons (Fsp3) is 0.533. The smallest absolute Gasteiger partial charge is 0.123 e. The van der Waals surface area contributed by atoms with Crippen LogP contribution in [0.4, 0.5) is 4.39 Å². The second kappa shape index (κ2) is 6.64. The monoisotopic (exact) mass is 249 g/mol. The summed E-state index contributed by atoms with van der Waals surface area (Å²) in [6.07, 6.45) is 4.88. The maximum absolute atomic E-state index is 12.9. The van der Waals surface area contributed by atoms with Crippen molar-refractivity contribution in [3.63, 3.8) is 0 Å². The van der Waals surface area contributed by atoms with Crippen LogP contribution in [0.15, 0.2) is 24.3 Å². The van der Waals surface area contributed by atoms with Gasteiger partial charge in [-0.2, -0.15) is 0 Å². The highest BCUT2D eigenvalue weighted by atomic mass is 19.1. The third-order valence-corrected chi connectivity index (χ3v) is 3.73. The molecule has 0 saturated carbocycles. The average molecular weight is 249 g/mol. The SMILES string of the molecule is O=CCCCN1CCC(c2ccc(F)cc2)CC1. The number of nitrogens with zero attached hydrogens (tertiary/aromatic N) is 1.